The molecule has 0 radical (unpaired) electrons. The third-order valence-corrected chi connectivity index (χ3v) is 7.29. The summed E-state index contributed by atoms with van der Waals surface area (Å²) in [5.41, 5.74) is 3.02. The number of carbonyl (C=O) groups is 1. The Morgan fingerprint density at radius 2 is 1.79 bits per heavy atom. The number of fused-ring (bicyclic) bond motifs is 3. The van der Waals surface area contributed by atoms with Gasteiger partial charge < -0.3 is 25.2 Å². The van der Waals surface area contributed by atoms with E-state index in [0.29, 0.717) is 17.4 Å². The first-order chi connectivity index (χ1) is 13.7. The Morgan fingerprint density at radius 3 is 2.38 bits per heavy atom. The van der Waals surface area contributed by atoms with Gasteiger partial charge in [-0.05, 0) is 48.3 Å². The summed E-state index contributed by atoms with van der Waals surface area (Å²) in [6.07, 6.45) is 2.67. The molecule has 29 heavy (non-hydrogen) atoms. The highest BCUT2D eigenvalue weighted by Crippen LogP contribution is 2.47. The Bertz CT molecular complexity index is 935. The van der Waals surface area contributed by atoms with E-state index in [0.717, 1.165) is 35.4 Å². The van der Waals surface area contributed by atoms with Crippen LogP contribution in [0.2, 0.25) is 0 Å². The molecule has 1 aliphatic heterocycles. The molecule has 0 saturated carbocycles. The maximum absolute atomic E-state index is 13.0. The number of aromatic hydroxyl groups is 1. The lowest BCUT2D eigenvalue weighted by atomic mass is 9.72. The molecule has 0 saturated heterocycles. The number of benzene rings is 1. The van der Waals surface area contributed by atoms with Crippen molar-refractivity contribution in [1.29, 1.82) is 0 Å². The molecule has 156 valence electrons. The molecule has 0 bridgehead atoms. The third kappa shape index (κ3) is 3.41. The predicted octanol–water partition coefficient (Wildman–Crippen LogP) is 4.48. The summed E-state index contributed by atoms with van der Waals surface area (Å²) in [7, 11) is 2.98. The van der Waals surface area contributed by atoms with Crippen LogP contribution in [0.4, 0.5) is 5.00 Å². The van der Waals surface area contributed by atoms with E-state index in [9.17, 15) is 9.90 Å². The molecule has 2 atom stereocenters. The van der Waals surface area contributed by atoms with Crippen molar-refractivity contribution in [3.05, 3.63) is 33.7 Å². The fourth-order valence-corrected chi connectivity index (χ4v) is 5.64. The zero-order valence-corrected chi connectivity index (χ0v) is 18.3. The fourth-order valence-electron chi connectivity index (χ4n) is 4.28. The highest BCUT2D eigenvalue weighted by Gasteiger charge is 2.36. The lowest BCUT2D eigenvalue weighted by Gasteiger charge is -2.34. The molecule has 7 heteroatoms. The van der Waals surface area contributed by atoms with E-state index < -0.39 is 6.17 Å². The Labute approximate surface area is 175 Å². The SMILES string of the molecule is COc1cc([C@@H]2NC(=O)c3c(sc4c3CC[C@@H](C(C)(C)C)C4)N2)cc(OC)c1O. The molecule has 1 aromatic heterocycles. The molecule has 2 heterocycles. The van der Waals surface area contributed by atoms with E-state index >= 15 is 0 Å². The third-order valence-electron chi connectivity index (χ3n) is 6.10. The molecule has 1 aliphatic carbocycles. The number of rotatable bonds is 3. The lowest BCUT2D eigenvalue weighted by Crippen LogP contribution is -2.38. The fraction of sp³-hybridized carbons (Fsp3) is 0.500. The van der Waals surface area contributed by atoms with Gasteiger partial charge in [-0.3, -0.25) is 4.79 Å². The minimum Gasteiger partial charge on any atom is -0.502 e. The summed E-state index contributed by atoms with van der Waals surface area (Å²) in [5.74, 6) is 1.13. The highest BCUT2D eigenvalue weighted by molar-refractivity contribution is 7.16. The van der Waals surface area contributed by atoms with E-state index in [-0.39, 0.29) is 17.1 Å². The summed E-state index contributed by atoms with van der Waals surface area (Å²) in [4.78, 5) is 14.3. The Morgan fingerprint density at radius 1 is 1.14 bits per heavy atom. The first-order valence-corrected chi connectivity index (χ1v) is 10.7. The van der Waals surface area contributed by atoms with Gasteiger partial charge in [0.2, 0.25) is 5.75 Å². The van der Waals surface area contributed by atoms with E-state index in [1.165, 1.54) is 24.7 Å². The minimum absolute atomic E-state index is 0.0542. The van der Waals surface area contributed by atoms with Crippen LogP contribution in [-0.4, -0.2) is 25.2 Å². The van der Waals surface area contributed by atoms with Crippen LogP contribution in [-0.2, 0) is 12.8 Å². The largest absolute Gasteiger partial charge is 0.502 e. The minimum atomic E-state index is -0.420. The van der Waals surface area contributed by atoms with Gasteiger partial charge in [-0.25, -0.2) is 0 Å². The number of nitrogens with one attached hydrogen (secondary N) is 2. The molecule has 0 spiro atoms. The van der Waals surface area contributed by atoms with E-state index in [1.807, 2.05) is 0 Å². The normalized spacial score (nSPS) is 20.9. The van der Waals surface area contributed by atoms with Crippen LogP contribution in [0.1, 0.15) is 59.7 Å². The molecule has 3 N–H and O–H groups in total. The Balaban J connectivity index is 1.67. The number of ether oxygens (including phenoxy) is 2. The number of anilines is 1. The van der Waals surface area contributed by atoms with Crippen molar-refractivity contribution in [2.24, 2.45) is 11.3 Å². The first kappa shape index (κ1) is 19.9. The molecule has 6 nitrogen and oxygen atoms in total. The van der Waals surface area contributed by atoms with Gasteiger partial charge in [0.05, 0.1) is 19.8 Å². The number of hydrogen-bond acceptors (Lipinski definition) is 6. The van der Waals surface area contributed by atoms with Crippen molar-refractivity contribution in [2.45, 2.75) is 46.2 Å². The number of phenolic OH excluding ortho intramolecular Hbond substituents is 1. The van der Waals surface area contributed by atoms with Crippen molar-refractivity contribution in [1.82, 2.24) is 5.32 Å². The van der Waals surface area contributed by atoms with Gasteiger partial charge in [0.25, 0.3) is 5.91 Å². The molecule has 1 amide bonds. The average Bonchev–Trinajstić information content (AvgIpc) is 3.05. The second kappa shape index (κ2) is 7.13. The van der Waals surface area contributed by atoms with Crippen LogP contribution in [0.25, 0.3) is 0 Å². The maximum atomic E-state index is 13.0. The molecule has 0 unspecified atom stereocenters. The summed E-state index contributed by atoms with van der Waals surface area (Å²) < 4.78 is 10.5. The van der Waals surface area contributed by atoms with Crippen molar-refractivity contribution in [3.8, 4) is 17.2 Å². The van der Waals surface area contributed by atoms with Crippen LogP contribution in [0.15, 0.2) is 12.1 Å². The van der Waals surface area contributed by atoms with Gasteiger partial charge in [-0.1, -0.05) is 20.8 Å². The highest BCUT2D eigenvalue weighted by atomic mass is 32.1. The topological polar surface area (TPSA) is 79.8 Å². The second-order valence-electron chi connectivity index (χ2n) is 8.84. The van der Waals surface area contributed by atoms with Crippen molar-refractivity contribution >= 4 is 22.2 Å². The first-order valence-electron chi connectivity index (χ1n) is 9.89. The van der Waals surface area contributed by atoms with E-state index in [4.69, 9.17) is 9.47 Å². The summed E-state index contributed by atoms with van der Waals surface area (Å²) >= 11 is 1.70. The van der Waals surface area contributed by atoms with Crippen LogP contribution in [0.5, 0.6) is 17.2 Å². The lowest BCUT2D eigenvalue weighted by molar-refractivity contribution is 0.0934. The monoisotopic (exact) mass is 416 g/mol. The van der Waals surface area contributed by atoms with Gasteiger partial charge in [0.15, 0.2) is 11.5 Å². The molecule has 0 fully saturated rings. The van der Waals surface area contributed by atoms with Gasteiger partial charge in [0.1, 0.15) is 11.2 Å². The van der Waals surface area contributed by atoms with Crippen LogP contribution < -0.4 is 20.1 Å². The van der Waals surface area contributed by atoms with Gasteiger partial charge in [-0.2, -0.15) is 0 Å². The quantitative estimate of drug-likeness (QED) is 0.688. The van der Waals surface area contributed by atoms with Crippen molar-refractivity contribution in [2.75, 3.05) is 19.5 Å². The number of phenols is 1. The number of amides is 1. The van der Waals surface area contributed by atoms with Crippen LogP contribution in [0, 0.1) is 11.3 Å². The summed E-state index contributed by atoms with van der Waals surface area (Å²) in [6, 6.07) is 3.42. The molecule has 4 rings (SSSR count). The van der Waals surface area contributed by atoms with Crippen molar-refractivity contribution in [3.63, 3.8) is 0 Å². The van der Waals surface area contributed by atoms with Gasteiger partial charge in [-0.15, -0.1) is 11.3 Å². The van der Waals surface area contributed by atoms with Gasteiger partial charge >= 0.3 is 0 Å². The number of methoxy groups -OCH3 is 2. The Hall–Kier alpha value is -2.41. The average molecular weight is 417 g/mol. The maximum Gasteiger partial charge on any atom is 0.256 e. The molecule has 2 aromatic rings. The second-order valence-corrected chi connectivity index (χ2v) is 9.94. The van der Waals surface area contributed by atoms with E-state index in [1.54, 1.807) is 23.5 Å². The Kier molecular flexibility index (Phi) is 4.89. The zero-order chi connectivity index (χ0) is 20.9. The molecular weight excluding hydrogens is 388 g/mol. The molecule has 2 aliphatic rings. The molecule has 1 aromatic carbocycles. The predicted molar refractivity (Wildman–Crippen MR) is 114 cm³/mol. The van der Waals surface area contributed by atoms with Gasteiger partial charge in [0, 0.05) is 10.4 Å². The molecular formula is C22H28N2O4S. The summed E-state index contributed by atoms with van der Waals surface area (Å²) in [6.45, 7) is 6.88. The number of thiophene rings is 1. The summed E-state index contributed by atoms with van der Waals surface area (Å²) in [5, 5.41) is 17.6. The van der Waals surface area contributed by atoms with Crippen molar-refractivity contribution < 1.29 is 19.4 Å². The van der Waals surface area contributed by atoms with Crippen LogP contribution >= 0.6 is 11.3 Å². The zero-order valence-electron chi connectivity index (χ0n) is 17.5. The standard InChI is InChI=1S/C22H28N2O4S/c1-22(2,3)12-6-7-13-16(10-12)29-21-17(13)20(26)23-19(24-21)11-8-14(27-4)18(25)15(9-11)28-5/h8-9,12,19,24-25H,6-7,10H2,1-5H3,(H,23,26)/t12-,19-/m1/s1. The smallest absolute Gasteiger partial charge is 0.256 e. The number of carbonyl (C=O) groups excluding carboxylic acids is 1. The number of hydrogen-bond donors (Lipinski definition) is 3. The van der Waals surface area contributed by atoms with E-state index in [2.05, 4.69) is 31.4 Å². The van der Waals surface area contributed by atoms with Crippen LogP contribution in [0.3, 0.4) is 0 Å².